The molecular formula is C19H21N5S. The standard InChI is InChI=1S/C19H21N5S/c1-19(2)15-8-4-5-9-16(15)24(3)17(19)10-12-21-23-18(25)22-14-7-6-11-20-13-14/h4-13H,1-3H3,(H2,22,23,25). The molecule has 1 aliphatic heterocycles. The highest BCUT2D eigenvalue weighted by atomic mass is 32.1. The van der Waals surface area contributed by atoms with Gasteiger partial charge in [0.15, 0.2) is 5.11 Å². The molecule has 25 heavy (non-hydrogen) atoms. The molecule has 1 aliphatic rings. The monoisotopic (exact) mass is 351 g/mol. The Labute approximate surface area is 153 Å². The molecule has 2 heterocycles. The maximum Gasteiger partial charge on any atom is 0.191 e. The first kappa shape index (κ1) is 17.1. The average molecular weight is 351 g/mol. The zero-order valence-electron chi connectivity index (χ0n) is 14.5. The molecule has 1 aromatic carbocycles. The van der Waals surface area contributed by atoms with E-state index < -0.39 is 0 Å². The van der Waals surface area contributed by atoms with Gasteiger partial charge in [0.2, 0.25) is 0 Å². The molecule has 0 radical (unpaired) electrons. The maximum absolute atomic E-state index is 5.21. The number of allylic oxidation sites excluding steroid dienone is 2. The molecule has 0 saturated carbocycles. The Morgan fingerprint density at radius 3 is 2.76 bits per heavy atom. The second-order valence-electron chi connectivity index (χ2n) is 6.34. The van der Waals surface area contributed by atoms with Crippen molar-refractivity contribution in [3.05, 3.63) is 66.1 Å². The summed E-state index contributed by atoms with van der Waals surface area (Å²) in [7, 11) is 2.08. The number of pyridine rings is 1. The van der Waals surface area contributed by atoms with Crippen molar-refractivity contribution in [3.63, 3.8) is 0 Å². The average Bonchev–Trinajstić information content (AvgIpc) is 2.80. The molecule has 2 aromatic rings. The van der Waals surface area contributed by atoms with Crippen LogP contribution in [0.4, 0.5) is 11.4 Å². The van der Waals surface area contributed by atoms with E-state index in [9.17, 15) is 0 Å². The van der Waals surface area contributed by atoms with Gasteiger partial charge in [0.05, 0.1) is 11.9 Å². The van der Waals surface area contributed by atoms with Gasteiger partial charge in [0, 0.05) is 36.3 Å². The third-order valence-corrected chi connectivity index (χ3v) is 4.53. The zero-order valence-corrected chi connectivity index (χ0v) is 15.3. The van der Waals surface area contributed by atoms with Crippen molar-refractivity contribution in [2.75, 3.05) is 17.3 Å². The van der Waals surface area contributed by atoms with E-state index in [2.05, 4.69) is 70.9 Å². The molecule has 3 rings (SSSR count). The van der Waals surface area contributed by atoms with Crippen LogP contribution < -0.4 is 15.6 Å². The molecule has 0 fully saturated rings. The van der Waals surface area contributed by atoms with Crippen LogP contribution in [0.5, 0.6) is 0 Å². The second kappa shape index (κ2) is 7.03. The quantitative estimate of drug-likeness (QED) is 0.502. The lowest BCUT2D eigenvalue weighted by molar-refractivity contribution is 0.641. The second-order valence-corrected chi connectivity index (χ2v) is 6.75. The fourth-order valence-electron chi connectivity index (χ4n) is 3.10. The lowest BCUT2D eigenvalue weighted by atomic mass is 9.84. The van der Waals surface area contributed by atoms with Gasteiger partial charge in [0.25, 0.3) is 0 Å². The first-order valence-electron chi connectivity index (χ1n) is 8.04. The molecular weight excluding hydrogens is 330 g/mol. The van der Waals surface area contributed by atoms with Crippen LogP contribution in [0.15, 0.2) is 65.7 Å². The molecule has 128 valence electrons. The van der Waals surface area contributed by atoms with E-state index in [1.54, 1.807) is 18.6 Å². The summed E-state index contributed by atoms with van der Waals surface area (Å²) >= 11 is 5.21. The highest BCUT2D eigenvalue weighted by Gasteiger charge is 2.37. The predicted octanol–water partition coefficient (Wildman–Crippen LogP) is 3.67. The fraction of sp³-hybridized carbons (Fsp3) is 0.211. The highest BCUT2D eigenvalue weighted by molar-refractivity contribution is 7.80. The number of rotatable bonds is 3. The van der Waals surface area contributed by atoms with Crippen molar-refractivity contribution in [3.8, 4) is 0 Å². The maximum atomic E-state index is 5.21. The summed E-state index contributed by atoms with van der Waals surface area (Å²) in [6, 6.07) is 12.2. The molecule has 0 unspecified atom stereocenters. The van der Waals surface area contributed by atoms with Crippen LogP contribution >= 0.6 is 12.2 Å². The molecule has 5 nitrogen and oxygen atoms in total. The van der Waals surface area contributed by atoms with Crippen molar-refractivity contribution < 1.29 is 0 Å². The Balaban J connectivity index is 1.66. The Kier molecular flexibility index (Phi) is 4.81. The molecule has 0 bridgehead atoms. The van der Waals surface area contributed by atoms with Crippen molar-refractivity contribution >= 4 is 34.9 Å². The van der Waals surface area contributed by atoms with Crippen molar-refractivity contribution in [1.29, 1.82) is 0 Å². The summed E-state index contributed by atoms with van der Waals surface area (Å²) in [5.41, 5.74) is 7.31. The van der Waals surface area contributed by atoms with Crippen LogP contribution in [-0.2, 0) is 5.41 Å². The normalized spacial score (nSPS) is 16.9. The third kappa shape index (κ3) is 3.53. The lowest BCUT2D eigenvalue weighted by Gasteiger charge is -2.23. The third-order valence-electron chi connectivity index (χ3n) is 4.33. The van der Waals surface area contributed by atoms with E-state index >= 15 is 0 Å². The summed E-state index contributed by atoms with van der Waals surface area (Å²) in [6.45, 7) is 4.44. The molecule has 0 saturated heterocycles. The van der Waals surface area contributed by atoms with Crippen LogP contribution in [-0.4, -0.2) is 23.4 Å². The summed E-state index contributed by atoms with van der Waals surface area (Å²) in [5.74, 6) is 0. The molecule has 0 aliphatic carbocycles. The van der Waals surface area contributed by atoms with Crippen LogP contribution in [0, 0.1) is 0 Å². The minimum Gasteiger partial charge on any atom is -0.347 e. The minimum absolute atomic E-state index is 0.0637. The minimum atomic E-state index is -0.0637. The van der Waals surface area contributed by atoms with Gasteiger partial charge >= 0.3 is 0 Å². The predicted molar refractivity (Wildman–Crippen MR) is 108 cm³/mol. The Hall–Kier alpha value is -2.73. The summed E-state index contributed by atoms with van der Waals surface area (Å²) in [4.78, 5) is 6.23. The van der Waals surface area contributed by atoms with Gasteiger partial charge in [0.1, 0.15) is 0 Å². The number of anilines is 2. The number of hydrogen-bond acceptors (Lipinski definition) is 4. The largest absolute Gasteiger partial charge is 0.347 e. The van der Waals surface area contributed by atoms with Crippen LogP contribution in [0.2, 0.25) is 0 Å². The summed E-state index contributed by atoms with van der Waals surface area (Å²) in [6.07, 6.45) is 7.16. The SMILES string of the molecule is CN1C(=CC=NNC(=S)Nc2cccnc2)C(C)(C)c2ccccc21. The van der Waals surface area contributed by atoms with E-state index in [1.165, 1.54) is 16.9 Å². The number of benzene rings is 1. The number of thiocarbonyl (C=S) groups is 1. The van der Waals surface area contributed by atoms with Crippen LogP contribution in [0.1, 0.15) is 19.4 Å². The van der Waals surface area contributed by atoms with E-state index in [0.717, 1.165) is 5.69 Å². The van der Waals surface area contributed by atoms with Crippen molar-refractivity contribution in [2.24, 2.45) is 5.10 Å². The number of nitrogens with one attached hydrogen (secondary N) is 2. The van der Waals surface area contributed by atoms with Gasteiger partial charge in [-0.05, 0) is 42.1 Å². The number of hydrazone groups is 1. The number of hydrogen-bond donors (Lipinski definition) is 2. The van der Waals surface area contributed by atoms with E-state index in [4.69, 9.17) is 12.2 Å². The van der Waals surface area contributed by atoms with E-state index in [0.29, 0.717) is 5.11 Å². The smallest absolute Gasteiger partial charge is 0.191 e. The number of likely N-dealkylation sites (N-methyl/N-ethyl adjacent to an activating group) is 1. The van der Waals surface area contributed by atoms with Gasteiger partial charge < -0.3 is 10.2 Å². The topological polar surface area (TPSA) is 52.5 Å². The molecule has 0 atom stereocenters. The Bertz CT molecular complexity index is 827. The van der Waals surface area contributed by atoms with Crippen molar-refractivity contribution in [1.82, 2.24) is 10.4 Å². The van der Waals surface area contributed by atoms with Gasteiger partial charge in [-0.15, -0.1) is 0 Å². The van der Waals surface area contributed by atoms with Crippen molar-refractivity contribution in [2.45, 2.75) is 19.3 Å². The van der Waals surface area contributed by atoms with E-state index in [-0.39, 0.29) is 5.41 Å². The first-order valence-corrected chi connectivity index (χ1v) is 8.45. The molecule has 6 heteroatoms. The zero-order chi connectivity index (χ0) is 17.9. The molecule has 0 spiro atoms. The Morgan fingerprint density at radius 2 is 2.04 bits per heavy atom. The van der Waals surface area contributed by atoms with Gasteiger partial charge in [-0.3, -0.25) is 10.4 Å². The fourth-order valence-corrected chi connectivity index (χ4v) is 3.27. The number of fused-ring (bicyclic) bond motifs is 1. The van der Waals surface area contributed by atoms with Gasteiger partial charge in [-0.2, -0.15) is 5.10 Å². The number of para-hydroxylation sites is 1. The Morgan fingerprint density at radius 1 is 1.24 bits per heavy atom. The van der Waals surface area contributed by atoms with Gasteiger partial charge in [-0.25, -0.2) is 0 Å². The summed E-state index contributed by atoms with van der Waals surface area (Å²) < 4.78 is 0. The first-order chi connectivity index (χ1) is 12.0. The lowest BCUT2D eigenvalue weighted by Crippen LogP contribution is -2.24. The van der Waals surface area contributed by atoms with E-state index in [1.807, 2.05) is 18.2 Å². The molecule has 2 N–H and O–H groups in total. The number of nitrogens with zero attached hydrogens (tertiary/aromatic N) is 3. The summed E-state index contributed by atoms with van der Waals surface area (Å²) in [5, 5.41) is 7.64. The highest BCUT2D eigenvalue weighted by Crippen LogP contribution is 2.46. The van der Waals surface area contributed by atoms with Gasteiger partial charge in [-0.1, -0.05) is 32.0 Å². The number of aromatic nitrogens is 1. The molecule has 1 aromatic heterocycles. The van der Waals surface area contributed by atoms with Crippen LogP contribution in [0.3, 0.4) is 0 Å². The molecule has 0 amide bonds. The van der Waals surface area contributed by atoms with Crippen LogP contribution in [0.25, 0.3) is 0 Å².